The quantitative estimate of drug-likeness (QED) is 0.731. The van der Waals surface area contributed by atoms with Crippen LogP contribution in [0.25, 0.3) is 0 Å². The second kappa shape index (κ2) is 8.12. The second-order valence-corrected chi connectivity index (χ2v) is 4.40. The highest BCUT2D eigenvalue weighted by Gasteiger charge is 2.18. The predicted octanol–water partition coefficient (Wildman–Crippen LogP) is 2.17. The number of hydrogen-bond donors (Lipinski definition) is 0. The third kappa shape index (κ3) is 4.80. The molecule has 0 radical (unpaired) electrons. The SMILES string of the molecule is CCOc1nc(Cl)nc(N(CCOC)C(C)CC)n1. The number of hydrogen-bond acceptors (Lipinski definition) is 6. The van der Waals surface area contributed by atoms with Gasteiger partial charge in [-0.2, -0.15) is 15.0 Å². The van der Waals surface area contributed by atoms with Gasteiger partial charge in [0.2, 0.25) is 11.2 Å². The fraction of sp³-hybridized carbons (Fsp3) is 0.750. The Morgan fingerprint density at radius 2 is 2.00 bits per heavy atom. The molecule has 7 heteroatoms. The van der Waals surface area contributed by atoms with Crippen molar-refractivity contribution >= 4 is 17.5 Å². The van der Waals surface area contributed by atoms with Crippen molar-refractivity contribution in [3.05, 3.63) is 5.28 Å². The summed E-state index contributed by atoms with van der Waals surface area (Å²) in [4.78, 5) is 14.4. The zero-order chi connectivity index (χ0) is 14.3. The van der Waals surface area contributed by atoms with Gasteiger partial charge in [0.05, 0.1) is 13.2 Å². The molecule has 1 rings (SSSR count). The summed E-state index contributed by atoms with van der Waals surface area (Å²) in [5.41, 5.74) is 0. The molecule has 108 valence electrons. The minimum absolute atomic E-state index is 0.138. The van der Waals surface area contributed by atoms with E-state index in [0.29, 0.717) is 25.7 Å². The summed E-state index contributed by atoms with van der Waals surface area (Å²) in [6, 6.07) is 0.534. The summed E-state index contributed by atoms with van der Waals surface area (Å²) in [7, 11) is 1.67. The maximum Gasteiger partial charge on any atom is 0.322 e. The van der Waals surface area contributed by atoms with E-state index in [9.17, 15) is 0 Å². The van der Waals surface area contributed by atoms with Crippen LogP contribution in [0.15, 0.2) is 0 Å². The number of methoxy groups -OCH3 is 1. The molecule has 0 aromatic carbocycles. The molecule has 6 nitrogen and oxygen atoms in total. The molecule has 1 aromatic heterocycles. The number of nitrogens with zero attached hydrogens (tertiary/aromatic N) is 4. The molecular weight excluding hydrogens is 268 g/mol. The van der Waals surface area contributed by atoms with Crippen molar-refractivity contribution in [1.82, 2.24) is 15.0 Å². The smallest absolute Gasteiger partial charge is 0.322 e. The summed E-state index contributed by atoms with van der Waals surface area (Å²) >= 11 is 5.91. The summed E-state index contributed by atoms with van der Waals surface area (Å²) in [5, 5.41) is 0.138. The van der Waals surface area contributed by atoms with Crippen LogP contribution in [0.1, 0.15) is 27.2 Å². The summed E-state index contributed by atoms with van der Waals surface area (Å²) < 4.78 is 10.4. The van der Waals surface area contributed by atoms with E-state index < -0.39 is 0 Å². The number of rotatable bonds is 8. The van der Waals surface area contributed by atoms with Crippen LogP contribution in [-0.2, 0) is 4.74 Å². The first kappa shape index (κ1) is 15.9. The molecule has 1 aromatic rings. The van der Waals surface area contributed by atoms with Gasteiger partial charge >= 0.3 is 6.01 Å². The summed E-state index contributed by atoms with van der Waals surface area (Å²) in [6.45, 7) is 7.86. The minimum atomic E-state index is 0.138. The monoisotopic (exact) mass is 288 g/mol. The molecule has 0 bridgehead atoms. The van der Waals surface area contributed by atoms with Crippen molar-refractivity contribution in [2.75, 3.05) is 31.8 Å². The fourth-order valence-electron chi connectivity index (χ4n) is 1.57. The average molecular weight is 289 g/mol. The van der Waals surface area contributed by atoms with Gasteiger partial charge in [-0.3, -0.25) is 0 Å². The lowest BCUT2D eigenvalue weighted by molar-refractivity contribution is 0.202. The number of halogens is 1. The molecule has 0 fully saturated rings. The van der Waals surface area contributed by atoms with Gasteiger partial charge in [0, 0.05) is 19.7 Å². The third-order valence-corrected chi connectivity index (χ3v) is 2.93. The average Bonchev–Trinajstić information content (AvgIpc) is 2.38. The van der Waals surface area contributed by atoms with Crippen molar-refractivity contribution < 1.29 is 9.47 Å². The van der Waals surface area contributed by atoms with E-state index in [1.54, 1.807) is 7.11 Å². The van der Waals surface area contributed by atoms with Gasteiger partial charge in [-0.15, -0.1) is 0 Å². The Bertz CT molecular complexity index is 392. The Morgan fingerprint density at radius 1 is 1.26 bits per heavy atom. The van der Waals surface area contributed by atoms with E-state index >= 15 is 0 Å². The van der Waals surface area contributed by atoms with Crippen LogP contribution in [0.3, 0.4) is 0 Å². The van der Waals surface area contributed by atoms with Gasteiger partial charge in [-0.25, -0.2) is 0 Å². The Labute approximate surface area is 119 Å². The highest BCUT2D eigenvalue weighted by Crippen LogP contribution is 2.18. The van der Waals surface area contributed by atoms with Crippen molar-refractivity contribution in [2.24, 2.45) is 0 Å². The van der Waals surface area contributed by atoms with Crippen LogP contribution in [-0.4, -0.2) is 47.9 Å². The van der Waals surface area contributed by atoms with Crippen LogP contribution in [0.2, 0.25) is 5.28 Å². The van der Waals surface area contributed by atoms with E-state index in [0.717, 1.165) is 6.42 Å². The van der Waals surface area contributed by atoms with Crippen LogP contribution >= 0.6 is 11.6 Å². The molecule has 0 N–H and O–H groups in total. The van der Waals surface area contributed by atoms with E-state index in [1.807, 2.05) is 11.8 Å². The molecular formula is C12H21ClN4O2. The normalized spacial score (nSPS) is 12.3. The first-order valence-corrected chi connectivity index (χ1v) is 6.80. The predicted molar refractivity (Wildman–Crippen MR) is 75.0 cm³/mol. The molecule has 0 saturated carbocycles. The number of aromatic nitrogens is 3. The largest absolute Gasteiger partial charge is 0.464 e. The molecule has 0 amide bonds. The molecule has 1 heterocycles. The van der Waals surface area contributed by atoms with Crippen LogP contribution in [0.5, 0.6) is 6.01 Å². The van der Waals surface area contributed by atoms with Crippen LogP contribution < -0.4 is 9.64 Å². The van der Waals surface area contributed by atoms with Gasteiger partial charge in [0.25, 0.3) is 0 Å². The molecule has 0 aliphatic rings. The minimum Gasteiger partial charge on any atom is -0.464 e. The van der Waals surface area contributed by atoms with Crippen molar-refractivity contribution in [2.45, 2.75) is 33.2 Å². The Morgan fingerprint density at radius 3 is 2.58 bits per heavy atom. The second-order valence-electron chi connectivity index (χ2n) is 4.06. The topological polar surface area (TPSA) is 60.4 Å². The third-order valence-electron chi connectivity index (χ3n) is 2.77. The molecule has 0 aliphatic carbocycles. The zero-order valence-corrected chi connectivity index (χ0v) is 12.6. The lowest BCUT2D eigenvalue weighted by atomic mass is 10.2. The van der Waals surface area contributed by atoms with Gasteiger partial charge in [0.1, 0.15) is 0 Å². The van der Waals surface area contributed by atoms with Crippen LogP contribution in [0.4, 0.5) is 5.95 Å². The summed E-state index contributed by atoms with van der Waals surface area (Å²) in [5.74, 6) is 0.523. The zero-order valence-electron chi connectivity index (χ0n) is 11.9. The first-order valence-electron chi connectivity index (χ1n) is 6.42. The maximum absolute atomic E-state index is 5.91. The van der Waals surface area contributed by atoms with Gasteiger partial charge in [-0.1, -0.05) is 6.92 Å². The number of ether oxygens (including phenoxy) is 2. The van der Waals surface area contributed by atoms with E-state index in [1.165, 1.54) is 0 Å². The highest BCUT2D eigenvalue weighted by atomic mass is 35.5. The van der Waals surface area contributed by atoms with Crippen molar-refractivity contribution in [3.63, 3.8) is 0 Å². The highest BCUT2D eigenvalue weighted by molar-refractivity contribution is 6.28. The van der Waals surface area contributed by atoms with Gasteiger partial charge in [0.15, 0.2) is 0 Å². The molecule has 0 saturated heterocycles. The Balaban J connectivity index is 2.99. The van der Waals surface area contributed by atoms with Crippen molar-refractivity contribution in [3.8, 4) is 6.01 Å². The molecule has 1 unspecified atom stereocenters. The lowest BCUT2D eigenvalue weighted by Gasteiger charge is -2.28. The fourth-order valence-corrected chi connectivity index (χ4v) is 1.72. The standard InChI is InChI=1S/C12H21ClN4O2/c1-5-9(3)17(7-8-18-4)11-14-10(13)15-12(16-11)19-6-2/h9H,5-8H2,1-4H3. The van der Waals surface area contributed by atoms with E-state index in [-0.39, 0.29) is 17.3 Å². The van der Waals surface area contributed by atoms with E-state index in [2.05, 4.69) is 28.8 Å². The van der Waals surface area contributed by atoms with Crippen LogP contribution in [0, 0.1) is 0 Å². The lowest BCUT2D eigenvalue weighted by Crippen LogP contribution is -2.37. The first-order chi connectivity index (χ1) is 9.12. The Kier molecular flexibility index (Phi) is 6.80. The molecule has 0 aliphatic heterocycles. The molecule has 19 heavy (non-hydrogen) atoms. The molecule has 0 spiro atoms. The van der Waals surface area contributed by atoms with Crippen molar-refractivity contribution in [1.29, 1.82) is 0 Å². The molecule has 1 atom stereocenters. The summed E-state index contributed by atoms with van der Waals surface area (Å²) in [6.07, 6.45) is 0.969. The maximum atomic E-state index is 5.91. The van der Waals surface area contributed by atoms with Gasteiger partial charge < -0.3 is 14.4 Å². The number of anilines is 1. The van der Waals surface area contributed by atoms with E-state index in [4.69, 9.17) is 21.1 Å². The van der Waals surface area contributed by atoms with Gasteiger partial charge in [-0.05, 0) is 31.9 Å². The Hall–Kier alpha value is -1.14.